The summed E-state index contributed by atoms with van der Waals surface area (Å²) in [5.74, 6) is 0.365. The zero-order valence-electron chi connectivity index (χ0n) is 12.6. The zero-order chi connectivity index (χ0) is 16.2. The van der Waals surface area contributed by atoms with Crippen LogP contribution in [0.5, 0.6) is 5.75 Å². The minimum absolute atomic E-state index is 0.116. The fraction of sp³-hybridized carbons (Fsp3) is 0.438. The molecule has 1 aromatic rings. The average molecular weight is 324 g/mol. The van der Waals surface area contributed by atoms with E-state index in [2.05, 4.69) is 6.58 Å². The summed E-state index contributed by atoms with van der Waals surface area (Å²) in [6.45, 7) is 4.16. The lowest BCUT2D eigenvalue weighted by atomic mass is 10.1. The third-order valence-electron chi connectivity index (χ3n) is 3.22. The Bertz CT molecular complexity index is 659. The van der Waals surface area contributed by atoms with E-state index >= 15 is 0 Å². The van der Waals surface area contributed by atoms with Crippen LogP contribution in [0.15, 0.2) is 30.9 Å². The lowest BCUT2D eigenvalue weighted by Crippen LogP contribution is -2.09. The summed E-state index contributed by atoms with van der Waals surface area (Å²) in [6, 6.07) is 4.71. The van der Waals surface area contributed by atoms with E-state index in [4.69, 9.17) is 9.47 Å². The van der Waals surface area contributed by atoms with E-state index in [1.54, 1.807) is 18.2 Å². The molecule has 0 bridgehead atoms. The van der Waals surface area contributed by atoms with Crippen molar-refractivity contribution in [2.24, 2.45) is 5.92 Å². The van der Waals surface area contributed by atoms with Crippen LogP contribution in [-0.2, 0) is 20.3 Å². The van der Waals surface area contributed by atoms with Gasteiger partial charge in [-0.25, -0.2) is 13.2 Å². The molecular formula is C16H20O5S. The topological polar surface area (TPSA) is 69.7 Å². The molecular weight excluding hydrogens is 304 g/mol. The number of carbonyl (C=O) groups is 1. The van der Waals surface area contributed by atoms with Crippen LogP contribution in [0.1, 0.15) is 28.8 Å². The number of sulfone groups is 1. The molecule has 1 aliphatic rings. The normalized spacial score (nSPS) is 14.4. The van der Waals surface area contributed by atoms with Crippen molar-refractivity contribution in [1.82, 2.24) is 0 Å². The van der Waals surface area contributed by atoms with Gasteiger partial charge >= 0.3 is 5.97 Å². The molecule has 5 nitrogen and oxygen atoms in total. The third-order valence-corrected chi connectivity index (χ3v) is 4.06. The Morgan fingerprint density at radius 3 is 2.73 bits per heavy atom. The van der Waals surface area contributed by atoms with Crippen LogP contribution < -0.4 is 4.74 Å². The number of ether oxygens (including phenoxy) is 2. The number of hydrogen-bond donors (Lipinski definition) is 0. The van der Waals surface area contributed by atoms with Gasteiger partial charge < -0.3 is 9.47 Å². The van der Waals surface area contributed by atoms with E-state index in [0.29, 0.717) is 29.4 Å². The van der Waals surface area contributed by atoms with Gasteiger partial charge in [0.05, 0.1) is 17.9 Å². The maximum absolute atomic E-state index is 11.9. The van der Waals surface area contributed by atoms with Crippen molar-refractivity contribution in [1.29, 1.82) is 0 Å². The molecule has 0 amide bonds. The van der Waals surface area contributed by atoms with Crippen molar-refractivity contribution in [2.45, 2.75) is 18.6 Å². The second kappa shape index (κ2) is 6.96. The maximum Gasteiger partial charge on any atom is 0.338 e. The molecule has 2 rings (SSSR count). The first-order valence-electron chi connectivity index (χ1n) is 7.10. The van der Waals surface area contributed by atoms with E-state index in [1.165, 1.54) is 12.3 Å². The molecule has 0 heterocycles. The number of carbonyl (C=O) groups excluding carboxylic acids is 1. The van der Waals surface area contributed by atoms with Crippen LogP contribution in [0, 0.1) is 5.92 Å². The predicted molar refractivity (Wildman–Crippen MR) is 83.7 cm³/mol. The summed E-state index contributed by atoms with van der Waals surface area (Å²) < 4.78 is 33.7. The highest BCUT2D eigenvalue weighted by Gasteiger charge is 2.23. The first-order chi connectivity index (χ1) is 10.4. The summed E-state index contributed by atoms with van der Waals surface area (Å²) in [4.78, 5) is 11.9. The summed E-state index contributed by atoms with van der Waals surface area (Å²) in [5, 5.41) is 0. The Balaban J connectivity index is 2.20. The van der Waals surface area contributed by atoms with E-state index in [-0.39, 0.29) is 12.4 Å². The molecule has 6 heteroatoms. The lowest BCUT2D eigenvalue weighted by Gasteiger charge is -2.12. The van der Waals surface area contributed by atoms with Crippen molar-refractivity contribution in [2.75, 3.05) is 19.5 Å². The van der Waals surface area contributed by atoms with Crippen molar-refractivity contribution in [3.63, 3.8) is 0 Å². The molecule has 0 atom stereocenters. The predicted octanol–water partition coefficient (Wildman–Crippen LogP) is 2.36. The summed E-state index contributed by atoms with van der Waals surface area (Å²) in [5.41, 5.74) is 0.897. The molecule has 1 fully saturated rings. The van der Waals surface area contributed by atoms with Gasteiger partial charge in [-0.1, -0.05) is 18.7 Å². The molecule has 0 spiro atoms. The SMILES string of the molecule is C=CCOC(=O)c1ccc(CS(C)(=O)=O)c(OCC2CC2)c1. The highest BCUT2D eigenvalue weighted by atomic mass is 32.2. The van der Waals surface area contributed by atoms with E-state index in [1.807, 2.05) is 0 Å². The largest absolute Gasteiger partial charge is 0.493 e. The Morgan fingerprint density at radius 2 is 2.14 bits per heavy atom. The molecule has 0 radical (unpaired) electrons. The molecule has 120 valence electrons. The molecule has 0 aliphatic heterocycles. The summed E-state index contributed by atoms with van der Waals surface area (Å²) >= 11 is 0. The molecule has 22 heavy (non-hydrogen) atoms. The standard InChI is InChI=1S/C16H20O5S/c1-3-8-20-16(17)13-6-7-14(11-22(2,18)19)15(9-13)21-10-12-4-5-12/h3,6-7,9,12H,1,4-5,8,10-11H2,2H3. The van der Waals surface area contributed by atoms with E-state index in [9.17, 15) is 13.2 Å². The maximum atomic E-state index is 11.9. The lowest BCUT2D eigenvalue weighted by molar-refractivity contribution is 0.0549. The van der Waals surface area contributed by atoms with Gasteiger partial charge in [0.15, 0.2) is 9.84 Å². The first kappa shape index (κ1) is 16.5. The minimum Gasteiger partial charge on any atom is -0.493 e. The Morgan fingerprint density at radius 1 is 1.41 bits per heavy atom. The molecule has 1 saturated carbocycles. The van der Waals surface area contributed by atoms with Gasteiger partial charge in [0, 0.05) is 11.8 Å². The molecule has 0 aromatic heterocycles. The molecule has 0 saturated heterocycles. The Kier molecular flexibility index (Phi) is 5.24. The zero-order valence-corrected chi connectivity index (χ0v) is 13.4. The van der Waals surface area contributed by atoms with Gasteiger partial charge in [0.2, 0.25) is 0 Å². The number of esters is 1. The minimum atomic E-state index is -3.18. The van der Waals surface area contributed by atoms with Gasteiger partial charge in [0.25, 0.3) is 0 Å². The van der Waals surface area contributed by atoms with Crippen LogP contribution in [0.3, 0.4) is 0 Å². The summed E-state index contributed by atoms with van der Waals surface area (Å²) in [6.07, 6.45) is 4.91. The fourth-order valence-corrected chi connectivity index (χ4v) is 2.73. The highest BCUT2D eigenvalue weighted by Crippen LogP contribution is 2.31. The van der Waals surface area contributed by atoms with Crippen molar-refractivity contribution >= 4 is 15.8 Å². The van der Waals surface area contributed by atoms with Gasteiger partial charge in [-0.05, 0) is 30.9 Å². The van der Waals surface area contributed by atoms with Crippen molar-refractivity contribution in [3.05, 3.63) is 42.0 Å². The van der Waals surface area contributed by atoms with Gasteiger partial charge in [0.1, 0.15) is 12.4 Å². The van der Waals surface area contributed by atoms with Crippen molar-refractivity contribution < 1.29 is 22.7 Å². The van der Waals surface area contributed by atoms with Gasteiger partial charge in [-0.15, -0.1) is 0 Å². The van der Waals surface area contributed by atoms with Gasteiger partial charge in [-0.3, -0.25) is 0 Å². The van der Waals surface area contributed by atoms with E-state index < -0.39 is 15.8 Å². The number of hydrogen-bond acceptors (Lipinski definition) is 5. The second-order valence-electron chi connectivity index (χ2n) is 5.53. The molecule has 0 N–H and O–H groups in total. The van der Waals surface area contributed by atoms with Crippen LogP contribution in [0.4, 0.5) is 0 Å². The van der Waals surface area contributed by atoms with Crippen LogP contribution in [0.2, 0.25) is 0 Å². The van der Waals surface area contributed by atoms with E-state index in [0.717, 1.165) is 12.8 Å². The second-order valence-corrected chi connectivity index (χ2v) is 7.67. The molecule has 0 unspecified atom stereocenters. The smallest absolute Gasteiger partial charge is 0.338 e. The van der Waals surface area contributed by atoms with Gasteiger partial charge in [-0.2, -0.15) is 0 Å². The monoisotopic (exact) mass is 324 g/mol. The quantitative estimate of drug-likeness (QED) is 0.542. The third kappa shape index (κ3) is 5.18. The van der Waals surface area contributed by atoms with Crippen molar-refractivity contribution in [3.8, 4) is 5.75 Å². The van der Waals surface area contributed by atoms with Crippen LogP contribution in [0.25, 0.3) is 0 Å². The molecule has 1 aromatic carbocycles. The Labute approximate surface area is 130 Å². The highest BCUT2D eigenvalue weighted by molar-refractivity contribution is 7.89. The van der Waals surface area contributed by atoms with Crippen LogP contribution >= 0.6 is 0 Å². The molecule has 1 aliphatic carbocycles. The summed E-state index contributed by atoms with van der Waals surface area (Å²) in [7, 11) is -3.18. The average Bonchev–Trinajstić information content (AvgIpc) is 3.26. The Hall–Kier alpha value is -1.82. The first-order valence-corrected chi connectivity index (χ1v) is 9.16. The number of benzene rings is 1. The van der Waals surface area contributed by atoms with Crippen LogP contribution in [-0.4, -0.2) is 33.9 Å². The number of rotatable bonds is 8. The fourth-order valence-electron chi connectivity index (χ4n) is 1.93.